The molecule has 1 aliphatic carbocycles. The van der Waals surface area contributed by atoms with Gasteiger partial charge >= 0.3 is 0 Å². The van der Waals surface area contributed by atoms with Gasteiger partial charge in [0.1, 0.15) is 0 Å². The van der Waals surface area contributed by atoms with Gasteiger partial charge in [-0.1, -0.05) is 46.5 Å². The molecular formula is C12H24O. The molecule has 1 N–H and O–H groups in total. The van der Waals surface area contributed by atoms with Crippen molar-refractivity contribution in [3.05, 3.63) is 0 Å². The Hall–Kier alpha value is -0.0400. The van der Waals surface area contributed by atoms with Gasteiger partial charge in [0.15, 0.2) is 0 Å². The largest absolute Gasteiger partial charge is 0.396 e. The summed E-state index contributed by atoms with van der Waals surface area (Å²) in [5.41, 5.74) is 0.275. The van der Waals surface area contributed by atoms with Gasteiger partial charge in [-0.15, -0.1) is 0 Å². The van der Waals surface area contributed by atoms with Gasteiger partial charge < -0.3 is 5.11 Å². The second-order valence-corrected chi connectivity index (χ2v) is 5.63. The molecule has 0 aliphatic heterocycles. The normalized spacial score (nSPS) is 22.2. The van der Waals surface area contributed by atoms with Gasteiger partial charge in [0, 0.05) is 6.61 Å². The Labute approximate surface area is 82.5 Å². The van der Waals surface area contributed by atoms with Crippen LogP contribution in [0.2, 0.25) is 0 Å². The molecular weight excluding hydrogens is 160 g/mol. The molecule has 0 spiro atoms. The fourth-order valence-corrected chi connectivity index (χ4v) is 2.35. The molecule has 0 aromatic rings. The highest BCUT2D eigenvalue weighted by Crippen LogP contribution is 2.36. The first-order valence-corrected chi connectivity index (χ1v) is 5.65. The highest BCUT2D eigenvalue weighted by atomic mass is 16.3. The first-order chi connectivity index (χ1) is 6.04. The van der Waals surface area contributed by atoms with Crippen LogP contribution in [0.15, 0.2) is 0 Å². The van der Waals surface area contributed by atoms with E-state index in [9.17, 15) is 5.11 Å². The first-order valence-electron chi connectivity index (χ1n) is 5.65. The molecule has 1 saturated carbocycles. The van der Waals surface area contributed by atoms with Crippen molar-refractivity contribution in [1.29, 1.82) is 0 Å². The van der Waals surface area contributed by atoms with E-state index < -0.39 is 0 Å². The third-order valence-corrected chi connectivity index (χ3v) is 3.54. The van der Waals surface area contributed by atoms with Gasteiger partial charge in [-0.3, -0.25) is 0 Å². The maximum Gasteiger partial charge on any atom is 0.0464 e. The van der Waals surface area contributed by atoms with Crippen LogP contribution in [0.5, 0.6) is 0 Å². The summed E-state index contributed by atoms with van der Waals surface area (Å²) in [6.45, 7) is 7.08. The van der Waals surface area contributed by atoms with Crippen LogP contribution in [0.1, 0.15) is 52.9 Å². The molecule has 13 heavy (non-hydrogen) atoms. The molecule has 0 saturated heterocycles. The van der Waals surface area contributed by atoms with E-state index in [1.807, 2.05) is 0 Å². The lowest BCUT2D eigenvalue weighted by Gasteiger charge is -2.31. The molecule has 1 fully saturated rings. The predicted molar refractivity (Wildman–Crippen MR) is 56.6 cm³/mol. The number of hydrogen-bond donors (Lipinski definition) is 1. The second-order valence-electron chi connectivity index (χ2n) is 5.63. The monoisotopic (exact) mass is 184 g/mol. The summed E-state index contributed by atoms with van der Waals surface area (Å²) in [6, 6.07) is 0. The van der Waals surface area contributed by atoms with E-state index in [0.29, 0.717) is 12.5 Å². The Kier molecular flexibility index (Phi) is 3.78. The zero-order valence-electron chi connectivity index (χ0n) is 9.34. The van der Waals surface area contributed by atoms with Crippen LogP contribution < -0.4 is 0 Å². The van der Waals surface area contributed by atoms with Crippen LogP contribution in [0.3, 0.4) is 0 Å². The van der Waals surface area contributed by atoms with Gasteiger partial charge in [-0.25, -0.2) is 0 Å². The number of aliphatic hydroxyl groups is 1. The zero-order valence-corrected chi connectivity index (χ0v) is 9.34. The van der Waals surface area contributed by atoms with Gasteiger partial charge in [-0.2, -0.15) is 0 Å². The maximum atomic E-state index is 9.32. The van der Waals surface area contributed by atoms with E-state index in [1.165, 1.54) is 32.1 Å². The molecule has 0 radical (unpaired) electrons. The molecule has 0 aromatic carbocycles. The summed E-state index contributed by atoms with van der Waals surface area (Å²) in [6.07, 6.45) is 6.85. The van der Waals surface area contributed by atoms with E-state index in [-0.39, 0.29) is 5.41 Å². The Bertz CT molecular complexity index is 140. The summed E-state index contributed by atoms with van der Waals surface area (Å²) in [4.78, 5) is 0. The zero-order chi connectivity index (χ0) is 9.90. The molecule has 0 amide bonds. The van der Waals surface area contributed by atoms with E-state index in [4.69, 9.17) is 0 Å². The number of rotatable bonds is 3. The summed E-state index contributed by atoms with van der Waals surface area (Å²) in [7, 11) is 0. The summed E-state index contributed by atoms with van der Waals surface area (Å²) in [5.74, 6) is 1.40. The Morgan fingerprint density at radius 2 is 1.77 bits per heavy atom. The lowest BCUT2D eigenvalue weighted by molar-refractivity contribution is 0.107. The van der Waals surface area contributed by atoms with Crippen LogP contribution in [-0.4, -0.2) is 11.7 Å². The van der Waals surface area contributed by atoms with E-state index in [2.05, 4.69) is 20.8 Å². The van der Waals surface area contributed by atoms with Crippen molar-refractivity contribution in [2.45, 2.75) is 52.9 Å². The Balaban J connectivity index is 2.39. The number of hydrogen-bond acceptors (Lipinski definition) is 1. The lowest BCUT2D eigenvalue weighted by atomic mass is 9.76. The Morgan fingerprint density at radius 3 is 2.15 bits per heavy atom. The molecule has 1 atom stereocenters. The fraction of sp³-hybridized carbons (Fsp3) is 1.00. The third-order valence-electron chi connectivity index (χ3n) is 3.54. The quantitative estimate of drug-likeness (QED) is 0.714. The standard InChI is InChI=1S/C12H24O/c1-12(2,3)11(9-13)8-10-6-4-5-7-10/h10-11,13H,4-9H2,1-3H3. The molecule has 1 rings (SSSR count). The van der Waals surface area contributed by atoms with Crippen LogP contribution >= 0.6 is 0 Å². The van der Waals surface area contributed by atoms with Crippen molar-refractivity contribution in [3.63, 3.8) is 0 Å². The van der Waals surface area contributed by atoms with Crippen molar-refractivity contribution in [1.82, 2.24) is 0 Å². The molecule has 1 heteroatoms. The van der Waals surface area contributed by atoms with Crippen LogP contribution in [0.25, 0.3) is 0 Å². The molecule has 1 nitrogen and oxygen atoms in total. The minimum absolute atomic E-state index is 0.275. The summed E-state index contributed by atoms with van der Waals surface area (Å²) in [5, 5.41) is 9.32. The van der Waals surface area contributed by atoms with Crippen molar-refractivity contribution in [2.24, 2.45) is 17.3 Å². The van der Waals surface area contributed by atoms with E-state index in [0.717, 1.165) is 5.92 Å². The highest BCUT2D eigenvalue weighted by molar-refractivity contribution is 4.78. The van der Waals surface area contributed by atoms with Crippen LogP contribution in [0.4, 0.5) is 0 Å². The second kappa shape index (κ2) is 4.45. The fourth-order valence-electron chi connectivity index (χ4n) is 2.35. The average molecular weight is 184 g/mol. The smallest absolute Gasteiger partial charge is 0.0464 e. The van der Waals surface area contributed by atoms with Crippen LogP contribution in [-0.2, 0) is 0 Å². The van der Waals surface area contributed by atoms with E-state index >= 15 is 0 Å². The predicted octanol–water partition coefficient (Wildman–Crippen LogP) is 3.22. The summed E-state index contributed by atoms with van der Waals surface area (Å²) >= 11 is 0. The minimum Gasteiger partial charge on any atom is -0.396 e. The highest BCUT2D eigenvalue weighted by Gasteiger charge is 2.27. The lowest BCUT2D eigenvalue weighted by Crippen LogP contribution is -2.25. The molecule has 1 aliphatic rings. The van der Waals surface area contributed by atoms with E-state index in [1.54, 1.807) is 0 Å². The van der Waals surface area contributed by atoms with Gasteiger partial charge in [-0.05, 0) is 23.7 Å². The van der Waals surface area contributed by atoms with Gasteiger partial charge in [0.25, 0.3) is 0 Å². The third kappa shape index (κ3) is 3.30. The average Bonchev–Trinajstić information content (AvgIpc) is 2.49. The van der Waals surface area contributed by atoms with Crippen molar-refractivity contribution in [2.75, 3.05) is 6.61 Å². The minimum atomic E-state index is 0.275. The molecule has 0 aromatic heterocycles. The number of aliphatic hydroxyl groups excluding tert-OH is 1. The topological polar surface area (TPSA) is 20.2 Å². The van der Waals surface area contributed by atoms with Gasteiger partial charge in [0.2, 0.25) is 0 Å². The SMILES string of the molecule is CC(C)(C)C(CO)CC1CCCC1. The molecule has 78 valence electrons. The van der Waals surface area contributed by atoms with Crippen molar-refractivity contribution >= 4 is 0 Å². The van der Waals surface area contributed by atoms with Gasteiger partial charge in [0.05, 0.1) is 0 Å². The first kappa shape index (κ1) is 11.0. The molecule has 0 heterocycles. The Morgan fingerprint density at radius 1 is 1.23 bits per heavy atom. The van der Waals surface area contributed by atoms with Crippen molar-refractivity contribution in [3.8, 4) is 0 Å². The summed E-state index contributed by atoms with van der Waals surface area (Å²) < 4.78 is 0. The molecule has 0 bridgehead atoms. The molecule has 1 unspecified atom stereocenters. The van der Waals surface area contributed by atoms with Crippen LogP contribution in [0, 0.1) is 17.3 Å². The van der Waals surface area contributed by atoms with Crippen molar-refractivity contribution < 1.29 is 5.11 Å². The maximum absolute atomic E-state index is 9.32.